The zero-order valence-electron chi connectivity index (χ0n) is 10.3. The van der Waals surface area contributed by atoms with E-state index in [9.17, 15) is 0 Å². The van der Waals surface area contributed by atoms with Gasteiger partial charge in [0.05, 0.1) is 7.11 Å². The molecule has 0 bridgehead atoms. The Labute approximate surface area is 97.8 Å². The molecule has 0 unspecified atom stereocenters. The van der Waals surface area contributed by atoms with Gasteiger partial charge in [0, 0.05) is 12.8 Å². The molecule has 0 spiro atoms. The molecule has 1 rings (SSSR count). The SMILES string of the molecule is COc1ccc(C=NCCCN(C)C)cc1. The number of rotatable bonds is 6. The average molecular weight is 220 g/mol. The van der Waals surface area contributed by atoms with Crippen LogP contribution in [0.3, 0.4) is 0 Å². The van der Waals surface area contributed by atoms with E-state index in [0.717, 1.165) is 30.8 Å². The molecule has 1 aromatic carbocycles. The lowest BCUT2D eigenvalue weighted by Gasteiger charge is -2.06. The van der Waals surface area contributed by atoms with E-state index in [0.29, 0.717) is 0 Å². The Bertz CT molecular complexity index is 317. The zero-order chi connectivity index (χ0) is 11.8. The third-order valence-electron chi connectivity index (χ3n) is 2.25. The predicted molar refractivity (Wildman–Crippen MR) is 68.6 cm³/mol. The van der Waals surface area contributed by atoms with Crippen molar-refractivity contribution in [2.24, 2.45) is 4.99 Å². The molecule has 0 heterocycles. The van der Waals surface area contributed by atoms with Crippen molar-refractivity contribution in [3.8, 4) is 5.75 Å². The molecule has 88 valence electrons. The van der Waals surface area contributed by atoms with Crippen LogP contribution < -0.4 is 4.74 Å². The monoisotopic (exact) mass is 220 g/mol. The molecule has 0 fully saturated rings. The summed E-state index contributed by atoms with van der Waals surface area (Å²) in [5.74, 6) is 0.879. The first-order valence-electron chi connectivity index (χ1n) is 5.51. The van der Waals surface area contributed by atoms with Gasteiger partial charge in [-0.2, -0.15) is 0 Å². The molecule has 0 N–H and O–H groups in total. The molecular weight excluding hydrogens is 200 g/mol. The van der Waals surface area contributed by atoms with E-state index in [1.54, 1.807) is 7.11 Å². The van der Waals surface area contributed by atoms with E-state index in [-0.39, 0.29) is 0 Å². The maximum Gasteiger partial charge on any atom is 0.118 e. The quantitative estimate of drug-likeness (QED) is 0.541. The lowest BCUT2D eigenvalue weighted by molar-refractivity contribution is 0.403. The van der Waals surface area contributed by atoms with Gasteiger partial charge in [0.25, 0.3) is 0 Å². The Morgan fingerprint density at radius 1 is 1.25 bits per heavy atom. The minimum absolute atomic E-state index is 0.879. The fourth-order valence-electron chi connectivity index (χ4n) is 1.34. The summed E-state index contributed by atoms with van der Waals surface area (Å²) in [4.78, 5) is 6.55. The molecule has 1 aromatic rings. The fraction of sp³-hybridized carbons (Fsp3) is 0.462. The van der Waals surface area contributed by atoms with Gasteiger partial charge in [-0.1, -0.05) is 0 Å². The summed E-state index contributed by atoms with van der Waals surface area (Å²) in [5, 5.41) is 0. The van der Waals surface area contributed by atoms with Gasteiger partial charge >= 0.3 is 0 Å². The Hall–Kier alpha value is -1.35. The van der Waals surface area contributed by atoms with Crippen molar-refractivity contribution in [1.82, 2.24) is 4.90 Å². The lowest BCUT2D eigenvalue weighted by Crippen LogP contribution is -2.13. The van der Waals surface area contributed by atoms with E-state index in [1.807, 2.05) is 30.5 Å². The smallest absolute Gasteiger partial charge is 0.118 e. The Balaban J connectivity index is 2.32. The molecule has 0 saturated heterocycles. The maximum absolute atomic E-state index is 5.09. The van der Waals surface area contributed by atoms with E-state index >= 15 is 0 Å². The average Bonchev–Trinajstić information content (AvgIpc) is 2.29. The summed E-state index contributed by atoms with van der Waals surface area (Å²) >= 11 is 0. The normalized spacial score (nSPS) is 11.2. The van der Waals surface area contributed by atoms with Crippen molar-refractivity contribution in [3.63, 3.8) is 0 Å². The van der Waals surface area contributed by atoms with Gasteiger partial charge in [0.15, 0.2) is 0 Å². The van der Waals surface area contributed by atoms with Crippen LogP contribution in [-0.2, 0) is 0 Å². The topological polar surface area (TPSA) is 24.8 Å². The second-order valence-electron chi connectivity index (χ2n) is 3.97. The van der Waals surface area contributed by atoms with Gasteiger partial charge in [-0.3, -0.25) is 4.99 Å². The van der Waals surface area contributed by atoms with Crippen LogP contribution in [0.4, 0.5) is 0 Å². The van der Waals surface area contributed by atoms with Gasteiger partial charge in [-0.05, 0) is 56.9 Å². The van der Waals surface area contributed by atoms with Gasteiger partial charge in [0.2, 0.25) is 0 Å². The molecule has 0 atom stereocenters. The van der Waals surface area contributed by atoms with E-state index < -0.39 is 0 Å². The summed E-state index contributed by atoms with van der Waals surface area (Å²) in [5.41, 5.74) is 1.12. The minimum Gasteiger partial charge on any atom is -0.497 e. The third-order valence-corrected chi connectivity index (χ3v) is 2.25. The standard InChI is InChI=1S/C13H20N2O/c1-15(2)10-4-9-14-11-12-5-7-13(16-3)8-6-12/h5-8,11H,4,9-10H2,1-3H3. The molecule has 16 heavy (non-hydrogen) atoms. The van der Waals surface area contributed by atoms with Crippen LogP contribution in [-0.4, -0.2) is 45.4 Å². The zero-order valence-corrected chi connectivity index (χ0v) is 10.3. The Kier molecular flexibility index (Phi) is 5.57. The van der Waals surface area contributed by atoms with Crippen LogP contribution in [0.25, 0.3) is 0 Å². The van der Waals surface area contributed by atoms with E-state index in [4.69, 9.17) is 4.74 Å². The van der Waals surface area contributed by atoms with E-state index in [2.05, 4.69) is 24.0 Å². The van der Waals surface area contributed by atoms with Crippen molar-refractivity contribution in [2.45, 2.75) is 6.42 Å². The molecule has 0 radical (unpaired) electrons. The van der Waals surface area contributed by atoms with Gasteiger partial charge in [0.1, 0.15) is 5.75 Å². The van der Waals surface area contributed by atoms with Crippen LogP contribution in [0.5, 0.6) is 5.75 Å². The highest BCUT2D eigenvalue weighted by Gasteiger charge is 1.91. The second kappa shape index (κ2) is 7.01. The van der Waals surface area contributed by atoms with Crippen molar-refractivity contribution >= 4 is 6.21 Å². The largest absolute Gasteiger partial charge is 0.497 e. The number of nitrogens with zero attached hydrogens (tertiary/aromatic N) is 2. The van der Waals surface area contributed by atoms with Gasteiger partial charge in [-0.15, -0.1) is 0 Å². The first-order valence-corrected chi connectivity index (χ1v) is 5.51. The van der Waals surface area contributed by atoms with Crippen molar-refractivity contribution < 1.29 is 4.74 Å². The molecule has 0 aliphatic carbocycles. The van der Waals surface area contributed by atoms with Gasteiger partial charge < -0.3 is 9.64 Å². The molecule has 0 aliphatic rings. The van der Waals surface area contributed by atoms with Crippen molar-refractivity contribution in [3.05, 3.63) is 29.8 Å². The summed E-state index contributed by atoms with van der Waals surface area (Å²) in [6.07, 6.45) is 3.01. The number of hydrogen-bond acceptors (Lipinski definition) is 3. The maximum atomic E-state index is 5.09. The predicted octanol–water partition coefficient (Wildman–Crippen LogP) is 2.07. The lowest BCUT2D eigenvalue weighted by atomic mass is 10.2. The number of methoxy groups -OCH3 is 1. The van der Waals surface area contributed by atoms with E-state index in [1.165, 1.54) is 0 Å². The highest BCUT2D eigenvalue weighted by molar-refractivity contribution is 5.79. The first kappa shape index (κ1) is 12.7. The van der Waals surface area contributed by atoms with Gasteiger partial charge in [-0.25, -0.2) is 0 Å². The molecular formula is C13H20N2O. The second-order valence-corrected chi connectivity index (χ2v) is 3.97. The minimum atomic E-state index is 0.879. The highest BCUT2D eigenvalue weighted by atomic mass is 16.5. The van der Waals surface area contributed by atoms with Crippen LogP contribution in [0.1, 0.15) is 12.0 Å². The number of aliphatic imine (C=N–C) groups is 1. The van der Waals surface area contributed by atoms with Crippen LogP contribution >= 0.6 is 0 Å². The number of benzene rings is 1. The Morgan fingerprint density at radius 3 is 2.50 bits per heavy atom. The molecule has 0 amide bonds. The number of ether oxygens (including phenoxy) is 1. The summed E-state index contributed by atoms with van der Waals surface area (Å²) < 4.78 is 5.09. The fourth-order valence-corrected chi connectivity index (χ4v) is 1.34. The Morgan fingerprint density at radius 2 is 1.94 bits per heavy atom. The third kappa shape index (κ3) is 4.94. The summed E-state index contributed by atoms with van der Waals surface area (Å²) in [6, 6.07) is 7.91. The highest BCUT2D eigenvalue weighted by Crippen LogP contribution is 2.09. The van der Waals surface area contributed by atoms with Crippen molar-refractivity contribution in [2.75, 3.05) is 34.3 Å². The first-order chi connectivity index (χ1) is 7.72. The van der Waals surface area contributed by atoms with Crippen molar-refractivity contribution in [1.29, 1.82) is 0 Å². The molecule has 3 heteroatoms. The summed E-state index contributed by atoms with van der Waals surface area (Å²) in [6.45, 7) is 1.96. The molecule has 0 aromatic heterocycles. The van der Waals surface area contributed by atoms with Crippen LogP contribution in [0.2, 0.25) is 0 Å². The molecule has 0 saturated carbocycles. The van der Waals surface area contributed by atoms with Crippen LogP contribution in [0.15, 0.2) is 29.3 Å². The number of hydrogen-bond donors (Lipinski definition) is 0. The molecule has 3 nitrogen and oxygen atoms in total. The molecule has 0 aliphatic heterocycles. The van der Waals surface area contributed by atoms with Crippen LogP contribution in [0, 0.1) is 0 Å². The summed E-state index contributed by atoms with van der Waals surface area (Å²) in [7, 11) is 5.82.